The van der Waals surface area contributed by atoms with Crippen molar-refractivity contribution in [2.24, 2.45) is 23.7 Å². The van der Waals surface area contributed by atoms with Crippen molar-refractivity contribution in [2.75, 3.05) is 39.8 Å². The fraction of sp³-hybridized carbons (Fsp3) is 1.00. The van der Waals surface area contributed by atoms with Gasteiger partial charge in [0.15, 0.2) is 0 Å². The van der Waals surface area contributed by atoms with E-state index >= 15 is 0 Å². The van der Waals surface area contributed by atoms with E-state index in [0.717, 1.165) is 23.7 Å². The molecule has 2 rings (SSSR count). The maximum atomic E-state index is 2.67. The first-order valence-corrected chi connectivity index (χ1v) is 8.43. The molecule has 2 heteroatoms. The van der Waals surface area contributed by atoms with Gasteiger partial charge in [0, 0.05) is 26.2 Å². The van der Waals surface area contributed by atoms with Crippen molar-refractivity contribution < 1.29 is 0 Å². The van der Waals surface area contributed by atoms with Crippen molar-refractivity contribution in [1.29, 1.82) is 0 Å². The van der Waals surface area contributed by atoms with E-state index in [1.807, 2.05) is 0 Å². The zero-order chi connectivity index (χ0) is 13.8. The van der Waals surface area contributed by atoms with Crippen LogP contribution in [0.15, 0.2) is 0 Å². The molecule has 0 bridgehead atoms. The van der Waals surface area contributed by atoms with Gasteiger partial charge in [0.05, 0.1) is 0 Å². The summed E-state index contributed by atoms with van der Waals surface area (Å²) in [6.45, 7) is 13.9. The fourth-order valence-electron chi connectivity index (χ4n) is 3.68. The minimum absolute atomic E-state index is 0.884. The van der Waals surface area contributed by atoms with E-state index in [2.05, 4.69) is 37.6 Å². The molecule has 0 aromatic rings. The highest BCUT2D eigenvalue weighted by Gasteiger charge is 2.28. The Morgan fingerprint density at radius 3 is 2.21 bits per heavy atom. The van der Waals surface area contributed by atoms with Gasteiger partial charge in [-0.2, -0.15) is 0 Å². The molecule has 0 spiro atoms. The first-order chi connectivity index (χ1) is 9.02. The van der Waals surface area contributed by atoms with Crippen molar-refractivity contribution in [3.63, 3.8) is 0 Å². The van der Waals surface area contributed by atoms with Crippen LogP contribution in [-0.2, 0) is 0 Å². The molecule has 0 saturated carbocycles. The van der Waals surface area contributed by atoms with Crippen molar-refractivity contribution in [3.05, 3.63) is 0 Å². The summed E-state index contributed by atoms with van der Waals surface area (Å²) < 4.78 is 0. The van der Waals surface area contributed by atoms with Gasteiger partial charge >= 0.3 is 0 Å². The highest BCUT2D eigenvalue weighted by atomic mass is 15.2. The smallest absolute Gasteiger partial charge is 0.00220 e. The van der Waals surface area contributed by atoms with Gasteiger partial charge in [-0.05, 0) is 56.5 Å². The number of hydrogen-bond acceptors (Lipinski definition) is 2. The largest absolute Gasteiger partial charge is 0.306 e. The molecule has 1 unspecified atom stereocenters. The Balaban J connectivity index is 1.46. The molecule has 0 radical (unpaired) electrons. The van der Waals surface area contributed by atoms with Crippen LogP contribution in [0.4, 0.5) is 0 Å². The lowest BCUT2D eigenvalue weighted by atomic mass is 9.87. The van der Waals surface area contributed by atoms with Gasteiger partial charge in [0.2, 0.25) is 0 Å². The predicted molar refractivity (Wildman–Crippen MR) is 83.4 cm³/mol. The van der Waals surface area contributed by atoms with Crippen LogP contribution < -0.4 is 0 Å². The summed E-state index contributed by atoms with van der Waals surface area (Å²) in [7, 11) is 2.23. The standard InChI is InChI=1S/C17H34N2/c1-14(2)5-6-16-12-19(13-16)8-7-15(3)9-17-10-18(4)11-17/h14-17H,5-13H2,1-4H3. The minimum atomic E-state index is 0.884. The first-order valence-electron chi connectivity index (χ1n) is 8.43. The van der Waals surface area contributed by atoms with Gasteiger partial charge in [0.25, 0.3) is 0 Å². The minimum Gasteiger partial charge on any atom is -0.306 e. The van der Waals surface area contributed by atoms with Gasteiger partial charge in [-0.15, -0.1) is 0 Å². The number of hydrogen-bond donors (Lipinski definition) is 0. The molecule has 0 aliphatic carbocycles. The van der Waals surface area contributed by atoms with E-state index in [1.165, 1.54) is 58.4 Å². The molecule has 19 heavy (non-hydrogen) atoms. The van der Waals surface area contributed by atoms with E-state index in [4.69, 9.17) is 0 Å². The summed E-state index contributed by atoms with van der Waals surface area (Å²) in [5.74, 6) is 3.82. The zero-order valence-electron chi connectivity index (χ0n) is 13.6. The predicted octanol–water partition coefficient (Wildman–Crippen LogP) is 3.33. The van der Waals surface area contributed by atoms with Gasteiger partial charge < -0.3 is 9.80 Å². The summed E-state index contributed by atoms with van der Waals surface area (Å²) in [4.78, 5) is 5.11. The topological polar surface area (TPSA) is 6.48 Å². The summed E-state index contributed by atoms with van der Waals surface area (Å²) in [5, 5.41) is 0. The Morgan fingerprint density at radius 1 is 0.947 bits per heavy atom. The van der Waals surface area contributed by atoms with Crippen LogP contribution in [0.5, 0.6) is 0 Å². The molecule has 1 atom stereocenters. The van der Waals surface area contributed by atoms with Gasteiger partial charge in [0.1, 0.15) is 0 Å². The third-order valence-electron chi connectivity index (χ3n) is 5.00. The quantitative estimate of drug-likeness (QED) is 0.665. The van der Waals surface area contributed by atoms with Crippen LogP contribution >= 0.6 is 0 Å². The lowest BCUT2D eigenvalue weighted by Gasteiger charge is -2.41. The maximum Gasteiger partial charge on any atom is 0.00220 e. The second-order valence-corrected chi connectivity index (χ2v) is 7.81. The monoisotopic (exact) mass is 266 g/mol. The van der Waals surface area contributed by atoms with Crippen molar-refractivity contribution in [2.45, 2.75) is 46.5 Å². The maximum absolute atomic E-state index is 2.67. The molecule has 2 aliphatic heterocycles. The Labute approximate surface area is 120 Å². The molecule has 0 aromatic carbocycles. The molecule has 2 fully saturated rings. The molecule has 0 amide bonds. The van der Waals surface area contributed by atoms with Crippen LogP contribution in [0.2, 0.25) is 0 Å². The van der Waals surface area contributed by atoms with E-state index < -0.39 is 0 Å². The lowest BCUT2D eigenvalue weighted by Crippen LogP contribution is -2.47. The number of rotatable bonds is 8. The van der Waals surface area contributed by atoms with Crippen LogP contribution in [0.25, 0.3) is 0 Å². The van der Waals surface area contributed by atoms with E-state index in [1.54, 1.807) is 0 Å². The zero-order valence-corrected chi connectivity index (χ0v) is 13.6. The molecule has 112 valence electrons. The molecule has 2 nitrogen and oxygen atoms in total. The highest BCUT2D eigenvalue weighted by Crippen LogP contribution is 2.26. The van der Waals surface area contributed by atoms with E-state index in [0.29, 0.717) is 0 Å². The summed E-state index contributed by atoms with van der Waals surface area (Å²) in [6.07, 6.45) is 5.74. The highest BCUT2D eigenvalue weighted by molar-refractivity contribution is 4.82. The molecular formula is C17H34N2. The van der Waals surface area contributed by atoms with Crippen LogP contribution in [0.3, 0.4) is 0 Å². The second kappa shape index (κ2) is 7.08. The lowest BCUT2D eigenvalue weighted by molar-refractivity contribution is 0.0751. The molecule has 2 saturated heterocycles. The Kier molecular flexibility index (Phi) is 5.70. The summed E-state index contributed by atoms with van der Waals surface area (Å²) in [5.41, 5.74) is 0. The molecule has 2 heterocycles. The van der Waals surface area contributed by atoms with Crippen molar-refractivity contribution >= 4 is 0 Å². The van der Waals surface area contributed by atoms with Crippen molar-refractivity contribution in [1.82, 2.24) is 9.80 Å². The average molecular weight is 266 g/mol. The summed E-state index contributed by atoms with van der Waals surface area (Å²) in [6, 6.07) is 0. The molecule has 0 N–H and O–H groups in total. The normalized spacial score (nSPS) is 24.5. The van der Waals surface area contributed by atoms with E-state index in [-0.39, 0.29) is 0 Å². The first kappa shape index (κ1) is 15.3. The Bertz CT molecular complexity index is 252. The van der Waals surface area contributed by atoms with E-state index in [9.17, 15) is 0 Å². The van der Waals surface area contributed by atoms with Gasteiger partial charge in [-0.3, -0.25) is 0 Å². The van der Waals surface area contributed by atoms with Crippen LogP contribution in [-0.4, -0.2) is 49.6 Å². The van der Waals surface area contributed by atoms with Crippen LogP contribution in [0, 0.1) is 23.7 Å². The average Bonchev–Trinajstić information content (AvgIpc) is 2.23. The Hall–Kier alpha value is -0.0800. The number of likely N-dealkylation sites (tertiary alicyclic amines) is 2. The number of nitrogens with zero attached hydrogens (tertiary/aromatic N) is 2. The third kappa shape index (κ3) is 5.07. The van der Waals surface area contributed by atoms with Crippen molar-refractivity contribution in [3.8, 4) is 0 Å². The van der Waals surface area contributed by atoms with Gasteiger partial charge in [-0.1, -0.05) is 27.2 Å². The second-order valence-electron chi connectivity index (χ2n) is 7.81. The SMILES string of the molecule is CC(C)CCC1CN(CCC(C)CC2CN(C)C2)C1. The summed E-state index contributed by atoms with van der Waals surface area (Å²) >= 11 is 0. The fourth-order valence-corrected chi connectivity index (χ4v) is 3.68. The third-order valence-corrected chi connectivity index (χ3v) is 5.00. The molecule has 2 aliphatic rings. The molecular weight excluding hydrogens is 232 g/mol. The molecule has 0 aromatic heterocycles. The van der Waals surface area contributed by atoms with Gasteiger partial charge in [-0.25, -0.2) is 0 Å². The van der Waals surface area contributed by atoms with Crippen LogP contribution in [0.1, 0.15) is 46.5 Å². The Morgan fingerprint density at radius 2 is 1.63 bits per heavy atom.